The van der Waals surface area contributed by atoms with Crippen molar-refractivity contribution in [2.24, 2.45) is 0 Å². The summed E-state index contributed by atoms with van der Waals surface area (Å²) in [4.78, 5) is 2.44. The molecule has 0 aliphatic heterocycles. The zero-order chi connectivity index (χ0) is 31.6. The first-order valence-electron chi connectivity index (χ1n) is 16.4. The van der Waals surface area contributed by atoms with Crippen LogP contribution < -0.4 is 4.90 Å². The van der Waals surface area contributed by atoms with Gasteiger partial charge in [-0.05, 0) is 74.5 Å². The zero-order valence-corrected chi connectivity index (χ0v) is 26.1. The molecule has 0 saturated carbocycles. The van der Waals surface area contributed by atoms with E-state index in [2.05, 4.69) is 181 Å². The summed E-state index contributed by atoms with van der Waals surface area (Å²) in [5.41, 5.74) is 7.51. The van der Waals surface area contributed by atoms with Crippen LogP contribution in [0.25, 0.3) is 76.2 Å². The van der Waals surface area contributed by atoms with E-state index in [4.69, 9.17) is 4.42 Å². The molecule has 0 N–H and O–H groups in total. The first kappa shape index (κ1) is 26.8. The number of hydrogen-bond acceptors (Lipinski definition) is 2. The molecular formula is C46H29NO. The van der Waals surface area contributed by atoms with E-state index in [1.807, 2.05) is 0 Å². The molecule has 0 bridgehead atoms. The summed E-state index contributed by atoms with van der Waals surface area (Å²) in [6, 6.07) is 63.3. The monoisotopic (exact) mass is 611 g/mol. The minimum atomic E-state index is 0.869. The standard InChI is InChI=1S/C46H29NO/c1-2-15-33-28-34(27-26-30(33)12-1)39-29-40-45-43(24-11-25-44(45)48-46(40)38-21-8-7-20-37(38)39)47(41-22-9-16-31-13-3-5-18-35(31)41)42-23-10-17-32-14-4-6-19-36(32)42/h1-29H. The van der Waals surface area contributed by atoms with Crippen molar-refractivity contribution in [1.29, 1.82) is 0 Å². The third-order valence-corrected chi connectivity index (χ3v) is 9.80. The van der Waals surface area contributed by atoms with E-state index in [9.17, 15) is 0 Å². The molecule has 2 heteroatoms. The number of hydrogen-bond donors (Lipinski definition) is 0. The number of benzene rings is 9. The normalized spacial score (nSPS) is 11.8. The Labute approximate surface area is 277 Å². The molecule has 0 atom stereocenters. The lowest BCUT2D eigenvalue weighted by Crippen LogP contribution is -2.11. The first-order valence-corrected chi connectivity index (χ1v) is 16.4. The third-order valence-electron chi connectivity index (χ3n) is 9.80. The lowest BCUT2D eigenvalue weighted by molar-refractivity contribution is 0.672. The van der Waals surface area contributed by atoms with Crippen molar-refractivity contribution < 1.29 is 4.42 Å². The van der Waals surface area contributed by atoms with Crippen LogP contribution in [0.3, 0.4) is 0 Å². The second-order valence-corrected chi connectivity index (χ2v) is 12.5. The molecule has 10 aromatic rings. The van der Waals surface area contributed by atoms with Crippen molar-refractivity contribution in [2.45, 2.75) is 0 Å². The Kier molecular flexibility index (Phi) is 5.91. The summed E-state index contributed by atoms with van der Waals surface area (Å²) >= 11 is 0. The molecule has 0 amide bonds. The van der Waals surface area contributed by atoms with E-state index < -0.39 is 0 Å². The van der Waals surface area contributed by atoms with Gasteiger partial charge in [0.15, 0.2) is 0 Å². The van der Waals surface area contributed by atoms with Gasteiger partial charge in [0.2, 0.25) is 0 Å². The van der Waals surface area contributed by atoms with Crippen LogP contribution in [0, 0.1) is 0 Å². The maximum Gasteiger partial charge on any atom is 0.143 e. The second kappa shape index (κ2) is 10.6. The maximum absolute atomic E-state index is 6.84. The molecule has 0 aliphatic rings. The van der Waals surface area contributed by atoms with Gasteiger partial charge in [-0.15, -0.1) is 0 Å². The van der Waals surface area contributed by atoms with Crippen molar-refractivity contribution >= 4 is 82.1 Å². The van der Waals surface area contributed by atoms with Crippen LogP contribution in [-0.4, -0.2) is 0 Å². The molecule has 0 fully saturated rings. The van der Waals surface area contributed by atoms with Crippen molar-refractivity contribution in [3.05, 3.63) is 176 Å². The number of fused-ring (bicyclic) bond motifs is 8. The average Bonchev–Trinajstić information content (AvgIpc) is 3.54. The van der Waals surface area contributed by atoms with E-state index in [0.29, 0.717) is 0 Å². The summed E-state index contributed by atoms with van der Waals surface area (Å²) in [6.45, 7) is 0. The van der Waals surface area contributed by atoms with Crippen LogP contribution in [-0.2, 0) is 0 Å². The Balaban J connectivity index is 1.33. The Hall–Kier alpha value is -6.38. The molecule has 0 aliphatic carbocycles. The number of furan rings is 1. The van der Waals surface area contributed by atoms with Gasteiger partial charge in [0.1, 0.15) is 11.2 Å². The fraction of sp³-hybridized carbons (Fsp3) is 0. The average molecular weight is 612 g/mol. The van der Waals surface area contributed by atoms with E-state index in [0.717, 1.165) is 44.4 Å². The molecule has 224 valence electrons. The fourth-order valence-corrected chi connectivity index (χ4v) is 7.61. The summed E-state index contributed by atoms with van der Waals surface area (Å²) in [5.74, 6) is 0. The summed E-state index contributed by atoms with van der Waals surface area (Å²) in [6.07, 6.45) is 0. The molecular weight excluding hydrogens is 583 g/mol. The smallest absolute Gasteiger partial charge is 0.143 e. The van der Waals surface area contributed by atoms with E-state index in [1.54, 1.807) is 0 Å². The fourth-order valence-electron chi connectivity index (χ4n) is 7.61. The molecule has 0 saturated heterocycles. The highest BCUT2D eigenvalue weighted by Gasteiger charge is 2.23. The highest BCUT2D eigenvalue weighted by atomic mass is 16.3. The highest BCUT2D eigenvalue weighted by molar-refractivity contribution is 6.23. The van der Waals surface area contributed by atoms with Gasteiger partial charge >= 0.3 is 0 Å². The second-order valence-electron chi connectivity index (χ2n) is 12.5. The minimum absolute atomic E-state index is 0.869. The van der Waals surface area contributed by atoms with E-state index in [1.165, 1.54) is 48.8 Å². The number of anilines is 3. The van der Waals surface area contributed by atoms with Gasteiger partial charge in [-0.2, -0.15) is 0 Å². The predicted molar refractivity (Wildman–Crippen MR) is 204 cm³/mol. The predicted octanol–water partition coefficient (Wildman–Crippen LogP) is 13.3. The molecule has 1 aromatic heterocycles. The minimum Gasteiger partial charge on any atom is -0.455 e. The molecule has 1 heterocycles. The molecule has 0 spiro atoms. The Morgan fingerprint density at radius 2 is 0.896 bits per heavy atom. The number of rotatable bonds is 4. The van der Waals surface area contributed by atoms with Crippen LogP contribution in [0.4, 0.5) is 17.1 Å². The topological polar surface area (TPSA) is 16.4 Å². The van der Waals surface area contributed by atoms with Gasteiger partial charge in [0, 0.05) is 21.5 Å². The molecule has 48 heavy (non-hydrogen) atoms. The zero-order valence-electron chi connectivity index (χ0n) is 26.1. The Bertz CT molecular complexity index is 2770. The summed E-state index contributed by atoms with van der Waals surface area (Å²) in [7, 11) is 0. The van der Waals surface area contributed by atoms with Crippen LogP contribution >= 0.6 is 0 Å². The Morgan fingerprint density at radius 1 is 0.354 bits per heavy atom. The van der Waals surface area contributed by atoms with Crippen molar-refractivity contribution in [3.63, 3.8) is 0 Å². The molecule has 10 rings (SSSR count). The van der Waals surface area contributed by atoms with E-state index >= 15 is 0 Å². The van der Waals surface area contributed by atoms with Crippen LogP contribution in [0.5, 0.6) is 0 Å². The van der Waals surface area contributed by atoms with Crippen LogP contribution in [0.1, 0.15) is 0 Å². The molecule has 0 unspecified atom stereocenters. The maximum atomic E-state index is 6.84. The lowest BCUT2D eigenvalue weighted by Gasteiger charge is -2.28. The SMILES string of the molecule is c1ccc2cc(-c3cc4c(oc5cccc(N(c6cccc7ccccc67)c6cccc7ccccc67)c54)c4ccccc34)ccc2c1. The van der Waals surface area contributed by atoms with Crippen molar-refractivity contribution in [1.82, 2.24) is 0 Å². The summed E-state index contributed by atoms with van der Waals surface area (Å²) < 4.78 is 6.84. The van der Waals surface area contributed by atoms with E-state index in [-0.39, 0.29) is 0 Å². The number of nitrogens with zero attached hydrogens (tertiary/aromatic N) is 1. The molecule has 9 aromatic carbocycles. The highest BCUT2D eigenvalue weighted by Crippen LogP contribution is 2.48. The third kappa shape index (κ3) is 4.06. The van der Waals surface area contributed by atoms with Gasteiger partial charge in [0.05, 0.1) is 22.4 Å². The van der Waals surface area contributed by atoms with Crippen LogP contribution in [0.15, 0.2) is 180 Å². The van der Waals surface area contributed by atoms with Crippen LogP contribution in [0.2, 0.25) is 0 Å². The van der Waals surface area contributed by atoms with Crippen molar-refractivity contribution in [3.8, 4) is 11.1 Å². The lowest BCUT2D eigenvalue weighted by atomic mass is 9.93. The largest absolute Gasteiger partial charge is 0.455 e. The molecule has 0 radical (unpaired) electrons. The van der Waals surface area contributed by atoms with Gasteiger partial charge in [-0.1, -0.05) is 140 Å². The molecule has 2 nitrogen and oxygen atoms in total. The summed E-state index contributed by atoms with van der Waals surface area (Å²) in [5, 5.41) is 11.8. The van der Waals surface area contributed by atoms with Gasteiger partial charge in [0.25, 0.3) is 0 Å². The quantitative estimate of drug-likeness (QED) is 0.197. The van der Waals surface area contributed by atoms with Crippen molar-refractivity contribution in [2.75, 3.05) is 4.90 Å². The van der Waals surface area contributed by atoms with Gasteiger partial charge < -0.3 is 9.32 Å². The van der Waals surface area contributed by atoms with Gasteiger partial charge in [-0.25, -0.2) is 0 Å². The Morgan fingerprint density at radius 3 is 1.60 bits per heavy atom. The first-order chi connectivity index (χ1) is 23.8. The van der Waals surface area contributed by atoms with Gasteiger partial charge in [-0.3, -0.25) is 0 Å².